The van der Waals surface area contributed by atoms with Crippen molar-refractivity contribution in [1.82, 2.24) is 29.3 Å². The van der Waals surface area contributed by atoms with Crippen molar-refractivity contribution in [2.45, 2.75) is 44.8 Å². The summed E-state index contributed by atoms with van der Waals surface area (Å²) in [6.07, 6.45) is 9.29. The number of hydrogen-bond donors (Lipinski definition) is 0. The molecule has 6 heterocycles. The minimum atomic E-state index is 0.404. The summed E-state index contributed by atoms with van der Waals surface area (Å²) in [7, 11) is 1.99. The van der Waals surface area contributed by atoms with Crippen LogP contribution < -0.4 is 0 Å². The predicted octanol–water partition coefficient (Wildman–Crippen LogP) is 3.29. The van der Waals surface area contributed by atoms with Crippen molar-refractivity contribution in [2.24, 2.45) is 7.05 Å². The number of aryl methyl sites for hydroxylation is 2. The highest BCUT2D eigenvalue weighted by molar-refractivity contribution is 5.59. The molecule has 4 aromatic rings. The summed E-state index contributed by atoms with van der Waals surface area (Å²) in [5.74, 6) is 0.784. The lowest BCUT2D eigenvalue weighted by molar-refractivity contribution is 0.165. The van der Waals surface area contributed by atoms with Crippen molar-refractivity contribution in [3.63, 3.8) is 0 Å². The van der Waals surface area contributed by atoms with Gasteiger partial charge in [0.15, 0.2) is 11.4 Å². The smallest absolute Gasteiger partial charge is 0.155 e. The van der Waals surface area contributed by atoms with E-state index in [9.17, 15) is 0 Å². The lowest BCUT2D eigenvalue weighted by atomic mass is 9.98. The maximum absolute atomic E-state index is 5.52. The molecule has 1 fully saturated rings. The monoisotopic (exact) mass is 374 g/mol. The minimum absolute atomic E-state index is 0.404. The molecule has 0 amide bonds. The van der Waals surface area contributed by atoms with Gasteiger partial charge < -0.3 is 4.42 Å². The third-order valence-corrected chi connectivity index (χ3v) is 6.29. The fourth-order valence-electron chi connectivity index (χ4n) is 4.97. The summed E-state index contributed by atoms with van der Waals surface area (Å²) in [6.45, 7) is 3.05. The van der Waals surface area contributed by atoms with Crippen molar-refractivity contribution < 1.29 is 4.42 Å². The van der Waals surface area contributed by atoms with E-state index in [-0.39, 0.29) is 0 Å². The Morgan fingerprint density at radius 3 is 2.96 bits per heavy atom. The maximum atomic E-state index is 5.52. The summed E-state index contributed by atoms with van der Waals surface area (Å²) in [5.41, 5.74) is 6.78. The summed E-state index contributed by atoms with van der Waals surface area (Å²) < 4.78 is 9.47. The molecule has 6 rings (SSSR count). The maximum Gasteiger partial charge on any atom is 0.155 e. The Kier molecular flexibility index (Phi) is 3.32. The second kappa shape index (κ2) is 5.78. The Bertz CT molecular complexity index is 1170. The zero-order valence-corrected chi connectivity index (χ0v) is 16.0. The number of aromatic nitrogens is 5. The van der Waals surface area contributed by atoms with Crippen molar-refractivity contribution in [1.29, 1.82) is 0 Å². The van der Waals surface area contributed by atoms with E-state index in [0.717, 1.165) is 35.8 Å². The Labute approximate surface area is 162 Å². The molecule has 28 heavy (non-hydrogen) atoms. The molecule has 0 aromatic carbocycles. The third-order valence-electron chi connectivity index (χ3n) is 6.29. The Balaban J connectivity index is 1.40. The molecule has 0 saturated carbocycles. The third kappa shape index (κ3) is 2.29. The zero-order valence-electron chi connectivity index (χ0n) is 16.0. The number of furan rings is 1. The van der Waals surface area contributed by atoms with Gasteiger partial charge in [-0.3, -0.25) is 9.58 Å². The first-order valence-electron chi connectivity index (χ1n) is 9.83. The van der Waals surface area contributed by atoms with Crippen molar-refractivity contribution in [3.05, 3.63) is 59.4 Å². The Hall–Kier alpha value is -2.93. The normalized spacial score (nSPS) is 21.5. The fraction of sp³-hybridized carbons (Fsp3) is 0.381. The van der Waals surface area contributed by atoms with E-state index in [4.69, 9.17) is 14.5 Å². The van der Waals surface area contributed by atoms with Crippen LogP contribution in [-0.2, 0) is 20.0 Å². The number of hydrogen-bond acceptors (Lipinski definition) is 5. The van der Waals surface area contributed by atoms with Crippen LogP contribution in [0.25, 0.3) is 17.1 Å². The van der Waals surface area contributed by atoms with E-state index in [1.807, 2.05) is 34.4 Å². The van der Waals surface area contributed by atoms with E-state index < -0.39 is 0 Å². The topological polar surface area (TPSA) is 64.4 Å². The van der Waals surface area contributed by atoms with Crippen LogP contribution in [0.15, 0.2) is 41.3 Å². The first kappa shape index (κ1) is 16.1. The lowest BCUT2D eigenvalue weighted by Gasteiger charge is -2.36. The standard InChI is InChI=1S/C21H22N6O/c1-13-14(11-25(2)23-13)12-26-15-5-6-18(26)16-10-22-21-9-17(20-4-3-7-28-20)24-27(21)19(16)8-15/h3-4,7,9-11,15,18H,5-6,8,12H2,1-2H3/t15-,18+/m0/s1. The highest BCUT2D eigenvalue weighted by Crippen LogP contribution is 2.44. The highest BCUT2D eigenvalue weighted by Gasteiger charge is 2.41. The van der Waals surface area contributed by atoms with Gasteiger partial charge in [-0.05, 0) is 31.9 Å². The molecule has 0 unspecified atom stereocenters. The van der Waals surface area contributed by atoms with Gasteiger partial charge >= 0.3 is 0 Å². The average Bonchev–Trinajstić information content (AvgIpc) is 3.43. The van der Waals surface area contributed by atoms with E-state index in [1.54, 1.807) is 6.26 Å². The van der Waals surface area contributed by atoms with Gasteiger partial charge in [-0.15, -0.1) is 0 Å². The van der Waals surface area contributed by atoms with Crippen LogP contribution in [0.2, 0.25) is 0 Å². The van der Waals surface area contributed by atoms with Gasteiger partial charge in [-0.25, -0.2) is 9.50 Å². The van der Waals surface area contributed by atoms with Gasteiger partial charge in [0, 0.05) is 61.7 Å². The average molecular weight is 374 g/mol. The first-order valence-corrected chi connectivity index (χ1v) is 9.83. The fourth-order valence-corrected chi connectivity index (χ4v) is 4.97. The molecule has 0 radical (unpaired) electrons. The summed E-state index contributed by atoms with van der Waals surface area (Å²) in [5, 5.41) is 9.33. The summed E-state index contributed by atoms with van der Waals surface area (Å²) in [6, 6.07) is 6.78. The van der Waals surface area contributed by atoms with Crippen LogP contribution in [0, 0.1) is 6.92 Å². The second-order valence-corrected chi connectivity index (χ2v) is 7.97. The molecule has 2 bridgehead atoms. The first-order chi connectivity index (χ1) is 13.7. The van der Waals surface area contributed by atoms with Crippen molar-refractivity contribution in [3.8, 4) is 11.5 Å². The van der Waals surface area contributed by atoms with Crippen LogP contribution in [0.5, 0.6) is 0 Å². The molecule has 7 heteroatoms. The molecule has 0 aliphatic carbocycles. The van der Waals surface area contributed by atoms with Crippen LogP contribution in [0.1, 0.15) is 41.4 Å². The molecule has 2 atom stereocenters. The van der Waals surface area contributed by atoms with Crippen LogP contribution in [-0.4, -0.2) is 35.3 Å². The largest absolute Gasteiger partial charge is 0.463 e. The number of rotatable bonds is 3. The summed E-state index contributed by atoms with van der Waals surface area (Å²) >= 11 is 0. The molecule has 4 aromatic heterocycles. The highest BCUT2D eigenvalue weighted by atomic mass is 16.3. The molecule has 142 valence electrons. The molecule has 0 N–H and O–H groups in total. The molecule has 7 nitrogen and oxygen atoms in total. The van der Waals surface area contributed by atoms with Gasteiger partial charge in [0.05, 0.1) is 17.7 Å². The van der Waals surface area contributed by atoms with Gasteiger partial charge in [0.2, 0.25) is 0 Å². The Morgan fingerprint density at radius 1 is 1.25 bits per heavy atom. The summed E-state index contributed by atoms with van der Waals surface area (Å²) in [4.78, 5) is 7.36. The van der Waals surface area contributed by atoms with E-state index in [1.165, 1.54) is 29.7 Å². The molecule has 2 aliphatic rings. The van der Waals surface area contributed by atoms with Crippen LogP contribution in [0.4, 0.5) is 0 Å². The quantitative estimate of drug-likeness (QED) is 0.551. The van der Waals surface area contributed by atoms with Crippen molar-refractivity contribution >= 4 is 5.65 Å². The molecule has 1 saturated heterocycles. The van der Waals surface area contributed by atoms with Gasteiger partial charge in [0.1, 0.15) is 5.69 Å². The van der Waals surface area contributed by atoms with Crippen molar-refractivity contribution in [2.75, 3.05) is 0 Å². The van der Waals surface area contributed by atoms with Gasteiger partial charge in [-0.2, -0.15) is 10.2 Å². The molecule has 2 aliphatic heterocycles. The Morgan fingerprint density at radius 2 is 2.18 bits per heavy atom. The van der Waals surface area contributed by atoms with Gasteiger partial charge in [0.25, 0.3) is 0 Å². The second-order valence-electron chi connectivity index (χ2n) is 7.97. The molecular formula is C21H22N6O. The SMILES string of the molecule is Cc1nn(C)cc1CN1[C@H]2CC[C@@H]1c1cnc3cc(-c4ccco4)nn3c1C2. The number of fused-ring (bicyclic) bond motifs is 6. The zero-order chi connectivity index (χ0) is 18.8. The molecule has 0 spiro atoms. The lowest BCUT2D eigenvalue weighted by Crippen LogP contribution is -2.38. The van der Waals surface area contributed by atoms with Crippen LogP contribution in [0.3, 0.4) is 0 Å². The van der Waals surface area contributed by atoms with Gasteiger partial charge in [-0.1, -0.05) is 0 Å². The van der Waals surface area contributed by atoms with Crippen LogP contribution >= 0.6 is 0 Å². The number of nitrogens with zero attached hydrogens (tertiary/aromatic N) is 6. The molecular weight excluding hydrogens is 352 g/mol. The van der Waals surface area contributed by atoms with E-state index in [2.05, 4.69) is 29.3 Å². The minimum Gasteiger partial charge on any atom is -0.463 e. The van der Waals surface area contributed by atoms with E-state index >= 15 is 0 Å². The predicted molar refractivity (Wildman–Crippen MR) is 104 cm³/mol. The van der Waals surface area contributed by atoms with E-state index in [0.29, 0.717) is 12.1 Å².